The number of hydrogen-bond donors (Lipinski definition) is 1. The number of nitrogens with two attached hydrogens (primary N) is 1. The number of amides is 1. The molecule has 0 radical (unpaired) electrons. The van der Waals surface area contributed by atoms with Gasteiger partial charge in [-0.15, -0.1) is 0 Å². The summed E-state index contributed by atoms with van der Waals surface area (Å²) in [6.45, 7) is 1.40. The van der Waals surface area contributed by atoms with Crippen molar-refractivity contribution in [3.8, 4) is 0 Å². The maximum Gasteiger partial charge on any atom is 0.257 e. The molecule has 6 heteroatoms. The standard InChI is InChI=1S/C10H12N2O3S/c11-9(16)8-5-12(2-4-15-8)10(13)7-1-3-14-6-7/h1,3,6,8H,2,4-5H2,(H2,11,16). The summed E-state index contributed by atoms with van der Waals surface area (Å²) in [4.78, 5) is 13.9. The van der Waals surface area contributed by atoms with Gasteiger partial charge in [-0.3, -0.25) is 4.79 Å². The van der Waals surface area contributed by atoms with Crippen LogP contribution in [0, 0.1) is 0 Å². The minimum absolute atomic E-state index is 0.0849. The summed E-state index contributed by atoms with van der Waals surface area (Å²) >= 11 is 4.85. The van der Waals surface area contributed by atoms with Gasteiger partial charge in [0.25, 0.3) is 5.91 Å². The van der Waals surface area contributed by atoms with E-state index < -0.39 is 0 Å². The molecule has 1 aliphatic rings. The summed E-state index contributed by atoms with van der Waals surface area (Å²) in [7, 11) is 0. The SMILES string of the molecule is NC(=S)C1CN(C(=O)c2ccoc2)CCO1. The summed E-state index contributed by atoms with van der Waals surface area (Å²) in [6, 6.07) is 1.63. The van der Waals surface area contributed by atoms with Crippen LogP contribution in [0.5, 0.6) is 0 Å². The van der Waals surface area contributed by atoms with Gasteiger partial charge in [0.05, 0.1) is 25.0 Å². The number of carbonyl (C=O) groups excluding carboxylic acids is 1. The van der Waals surface area contributed by atoms with Crippen molar-refractivity contribution in [1.29, 1.82) is 0 Å². The van der Waals surface area contributed by atoms with E-state index in [1.807, 2.05) is 0 Å². The number of nitrogens with zero attached hydrogens (tertiary/aromatic N) is 1. The van der Waals surface area contributed by atoms with E-state index in [4.69, 9.17) is 27.1 Å². The summed E-state index contributed by atoms with van der Waals surface area (Å²) in [5, 5.41) is 0. The van der Waals surface area contributed by atoms with Crippen LogP contribution in [0.25, 0.3) is 0 Å². The van der Waals surface area contributed by atoms with Crippen LogP contribution >= 0.6 is 12.2 Å². The number of furan rings is 1. The fraction of sp³-hybridized carbons (Fsp3) is 0.400. The molecule has 5 nitrogen and oxygen atoms in total. The lowest BCUT2D eigenvalue weighted by atomic mass is 10.2. The largest absolute Gasteiger partial charge is 0.472 e. The second-order valence-electron chi connectivity index (χ2n) is 3.52. The molecule has 1 aliphatic heterocycles. The highest BCUT2D eigenvalue weighted by Gasteiger charge is 2.26. The van der Waals surface area contributed by atoms with Crippen LogP contribution in [0.15, 0.2) is 23.0 Å². The third-order valence-electron chi connectivity index (χ3n) is 2.44. The Bertz CT molecular complexity index is 391. The minimum atomic E-state index is -0.348. The third-order valence-corrected chi connectivity index (χ3v) is 2.70. The Morgan fingerprint density at radius 1 is 1.62 bits per heavy atom. The Kier molecular flexibility index (Phi) is 3.21. The molecule has 0 bridgehead atoms. The first-order chi connectivity index (χ1) is 7.68. The van der Waals surface area contributed by atoms with Crippen molar-refractivity contribution in [2.75, 3.05) is 19.7 Å². The van der Waals surface area contributed by atoms with Gasteiger partial charge >= 0.3 is 0 Å². The van der Waals surface area contributed by atoms with Gasteiger partial charge in [0.15, 0.2) is 0 Å². The lowest BCUT2D eigenvalue weighted by molar-refractivity contribution is 0.00875. The number of rotatable bonds is 2. The van der Waals surface area contributed by atoms with Crippen LogP contribution in [0.4, 0.5) is 0 Å². The van der Waals surface area contributed by atoms with E-state index in [-0.39, 0.29) is 17.0 Å². The second kappa shape index (κ2) is 4.63. The quantitative estimate of drug-likeness (QED) is 0.758. The van der Waals surface area contributed by atoms with Crippen LogP contribution in [-0.4, -0.2) is 41.6 Å². The zero-order chi connectivity index (χ0) is 11.5. The van der Waals surface area contributed by atoms with Gasteiger partial charge in [-0.25, -0.2) is 0 Å². The number of hydrogen-bond acceptors (Lipinski definition) is 4. The molecule has 1 fully saturated rings. The molecule has 16 heavy (non-hydrogen) atoms. The van der Waals surface area contributed by atoms with Gasteiger partial charge < -0.3 is 19.8 Å². The molecule has 2 rings (SSSR count). The molecule has 0 saturated carbocycles. The molecule has 1 aromatic heterocycles. The van der Waals surface area contributed by atoms with Crippen LogP contribution in [0.3, 0.4) is 0 Å². The highest BCUT2D eigenvalue weighted by atomic mass is 32.1. The predicted molar refractivity (Wildman–Crippen MR) is 61.1 cm³/mol. The molecule has 0 aliphatic carbocycles. The van der Waals surface area contributed by atoms with E-state index in [9.17, 15) is 4.79 Å². The molecule has 1 unspecified atom stereocenters. The molecule has 86 valence electrons. The fourth-order valence-corrected chi connectivity index (χ4v) is 1.72. The van der Waals surface area contributed by atoms with E-state index in [2.05, 4.69) is 0 Å². The van der Waals surface area contributed by atoms with Crippen molar-refractivity contribution in [3.63, 3.8) is 0 Å². The summed E-state index contributed by atoms with van der Waals surface area (Å²) in [5.74, 6) is -0.0849. The van der Waals surface area contributed by atoms with E-state index in [0.717, 1.165) is 0 Å². The van der Waals surface area contributed by atoms with Gasteiger partial charge in [-0.05, 0) is 6.07 Å². The molecular formula is C10H12N2O3S. The average molecular weight is 240 g/mol. The van der Waals surface area contributed by atoms with Crippen LogP contribution in [0.2, 0.25) is 0 Å². The van der Waals surface area contributed by atoms with Crippen molar-refractivity contribution < 1.29 is 13.9 Å². The van der Waals surface area contributed by atoms with Crippen LogP contribution in [0.1, 0.15) is 10.4 Å². The van der Waals surface area contributed by atoms with E-state index in [1.54, 1.807) is 11.0 Å². The first-order valence-electron chi connectivity index (χ1n) is 4.91. The Labute approximate surface area is 98.1 Å². The highest BCUT2D eigenvalue weighted by Crippen LogP contribution is 2.11. The number of ether oxygens (including phenoxy) is 1. The monoisotopic (exact) mass is 240 g/mol. The van der Waals surface area contributed by atoms with Crippen molar-refractivity contribution >= 4 is 23.1 Å². The van der Waals surface area contributed by atoms with Crippen molar-refractivity contribution in [1.82, 2.24) is 4.90 Å². The van der Waals surface area contributed by atoms with Gasteiger partial charge in [0.1, 0.15) is 17.4 Å². The maximum absolute atomic E-state index is 12.0. The highest BCUT2D eigenvalue weighted by molar-refractivity contribution is 7.80. The molecule has 1 atom stereocenters. The first-order valence-corrected chi connectivity index (χ1v) is 5.31. The van der Waals surface area contributed by atoms with Crippen LogP contribution < -0.4 is 5.73 Å². The maximum atomic E-state index is 12.0. The summed E-state index contributed by atoms with van der Waals surface area (Å²) in [5.41, 5.74) is 6.03. The Hall–Kier alpha value is -1.40. The van der Waals surface area contributed by atoms with Crippen molar-refractivity contribution in [2.24, 2.45) is 5.73 Å². The minimum Gasteiger partial charge on any atom is -0.472 e. The van der Waals surface area contributed by atoms with Crippen LogP contribution in [-0.2, 0) is 4.74 Å². The lowest BCUT2D eigenvalue weighted by Crippen LogP contribution is -2.49. The number of carbonyl (C=O) groups is 1. The van der Waals surface area contributed by atoms with Crippen molar-refractivity contribution in [2.45, 2.75) is 6.10 Å². The molecule has 1 aromatic rings. The molecule has 1 saturated heterocycles. The summed E-state index contributed by atoms with van der Waals surface area (Å²) in [6.07, 6.45) is 2.55. The van der Waals surface area contributed by atoms with E-state index in [1.165, 1.54) is 12.5 Å². The molecule has 2 N–H and O–H groups in total. The van der Waals surface area contributed by atoms with E-state index in [0.29, 0.717) is 25.3 Å². The van der Waals surface area contributed by atoms with E-state index >= 15 is 0 Å². The number of morpholine rings is 1. The zero-order valence-corrected chi connectivity index (χ0v) is 9.40. The molecule has 0 spiro atoms. The first kappa shape index (κ1) is 11.1. The summed E-state index contributed by atoms with van der Waals surface area (Å²) < 4.78 is 10.2. The fourth-order valence-electron chi connectivity index (χ4n) is 1.57. The molecule has 2 heterocycles. The van der Waals surface area contributed by atoms with Gasteiger partial charge in [0, 0.05) is 6.54 Å². The average Bonchev–Trinajstić information content (AvgIpc) is 2.81. The Morgan fingerprint density at radius 2 is 2.44 bits per heavy atom. The van der Waals surface area contributed by atoms with Gasteiger partial charge in [0.2, 0.25) is 0 Å². The zero-order valence-electron chi connectivity index (χ0n) is 8.59. The third kappa shape index (κ3) is 2.23. The molecule has 0 aromatic carbocycles. The number of thiocarbonyl (C=S) groups is 1. The van der Waals surface area contributed by atoms with Gasteiger partial charge in [-0.2, -0.15) is 0 Å². The predicted octanol–water partition coefficient (Wildman–Crippen LogP) is 0.407. The topological polar surface area (TPSA) is 68.7 Å². The normalized spacial score (nSPS) is 20.8. The van der Waals surface area contributed by atoms with Crippen molar-refractivity contribution in [3.05, 3.63) is 24.2 Å². The van der Waals surface area contributed by atoms with Gasteiger partial charge in [-0.1, -0.05) is 12.2 Å². The Balaban J connectivity index is 2.05. The Morgan fingerprint density at radius 3 is 3.06 bits per heavy atom. The smallest absolute Gasteiger partial charge is 0.257 e. The second-order valence-corrected chi connectivity index (χ2v) is 4.00. The molecule has 1 amide bonds. The lowest BCUT2D eigenvalue weighted by Gasteiger charge is -2.32. The molecular weight excluding hydrogens is 228 g/mol.